The average Bonchev–Trinajstić information content (AvgIpc) is 2.69. The molecule has 0 bridgehead atoms. The van der Waals surface area contributed by atoms with Crippen molar-refractivity contribution in [3.63, 3.8) is 0 Å². The molecule has 0 atom stereocenters. The summed E-state index contributed by atoms with van der Waals surface area (Å²) in [5.74, 6) is 0.0236. The van der Waals surface area contributed by atoms with Crippen LogP contribution in [-0.4, -0.2) is 29.3 Å². The summed E-state index contributed by atoms with van der Waals surface area (Å²) >= 11 is 3.36. The molecule has 1 aromatic rings. The number of carbonyl (C=O) groups excluding carboxylic acids is 1. The molecule has 0 aliphatic carbocycles. The molecule has 17 heavy (non-hydrogen) atoms. The van der Waals surface area contributed by atoms with Gasteiger partial charge >= 0.3 is 0 Å². The molecular formula is C12H17BrN2O2. The van der Waals surface area contributed by atoms with Crippen molar-refractivity contribution >= 4 is 21.7 Å². The number of Topliss-reactive ketones (excluding diaryl/α,β-unsaturated/α-hetero) is 1. The van der Waals surface area contributed by atoms with E-state index in [1.54, 1.807) is 18.0 Å². The highest BCUT2D eigenvalue weighted by Crippen LogP contribution is 2.20. The third kappa shape index (κ3) is 3.26. The Kier molecular flexibility index (Phi) is 5.58. The number of allylic oxidation sites excluding steroid dienone is 2. The minimum Gasteiger partial charge on any atom is -0.383 e. The molecular weight excluding hydrogens is 284 g/mol. The second kappa shape index (κ2) is 6.71. The summed E-state index contributed by atoms with van der Waals surface area (Å²) in [7, 11) is 1.63. The maximum absolute atomic E-state index is 12.3. The predicted molar refractivity (Wildman–Crippen MR) is 70.2 cm³/mol. The number of hydrogen-bond acceptors (Lipinski definition) is 3. The Labute approximate surface area is 110 Å². The van der Waals surface area contributed by atoms with Crippen LogP contribution in [-0.2, 0) is 11.3 Å². The molecule has 0 spiro atoms. The lowest BCUT2D eigenvalue weighted by Gasteiger charge is -2.08. The number of aromatic nitrogens is 2. The molecule has 0 N–H and O–H groups in total. The van der Waals surface area contributed by atoms with Crippen LogP contribution in [0.4, 0.5) is 0 Å². The molecule has 0 saturated carbocycles. The van der Waals surface area contributed by atoms with E-state index in [4.69, 9.17) is 4.74 Å². The van der Waals surface area contributed by atoms with Gasteiger partial charge in [-0.3, -0.25) is 9.48 Å². The van der Waals surface area contributed by atoms with Crippen molar-refractivity contribution < 1.29 is 9.53 Å². The van der Waals surface area contributed by atoms with Gasteiger partial charge in [0.25, 0.3) is 0 Å². The van der Waals surface area contributed by atoms with Gasteiger partial charge in [-0.25, -0.2) is 0 Å². The number of hydrogen-bond donors (Lipinski definition) is 0. The number of methoxy groups -OCH3 is 1. The first-order valence-electron chi connectivity index (χ1n) is 5.55. The van der Waals surface area contributed by atoms with Gasteiger partial charge < -0.3 is 4.74 Å². The maximum Gasteiger partial charge on any atom is 0.207 e. The van der Waals surface area contributed by atoms with E-state index in [1.807, 2.05) is 19.9 Å². The monoisotopic (exact) mass is 300 g/mol. The van der Waals surface area contributed by atoms with E-state index in [9.17, 15) is 4.79 Å². The normalized spacial score (nSPS) is 11.9. The van der Waals surface area contributed by atoms with Crippen molar-refractivity contribution in [1.82, 2.24) is 9.78 Å². The van der Waals surface area contributed by atoms with Crippen LogP contribution < -0.4 is 0 Å². The Morgan fingerprint density at radius 2 is 2.35 bits per heavy atom. The number of rotatable bonds is 6. The van der Waals surface area contributed by atoms with E-state index in [0.717, 1.165) is 16.5 Å². The predicted octanol–water partition coefficient (Wildman–Crippen LogP) is 2.83. The molecule has 4 nitrogen and oxygen atoms in total. The van der Waals surface area contributed by atoms with Gasteiger partial charge in [-0.05, 0) is 34.8 Å². The molecule has 0 aromatic carbocycles. The van der Waals surface area contributed by atoms with Gasteiger partial charge in [0.1, 0.15) is 5.69 Å². The summed E-state index contributed by atoms with van der Waals surface area (Å²) in [6, 6.07) is 0. The van der Waals surface area contributed by atoms with Gasteiger partial charge in [0.05, 0.1) is 23.8 Å². The maximum atomic E-state index is 12.3. The Morgan fingerprint density at radius 3 is 2.88 bits per heavy atom. The van der Waals surface area contributed by atoms with Crippen LogP contribution in [0.1, 0.15) is 30.8 Å². The standard InChI is InChI=1S/C12H17BrN2O2/c1-4-9(5-2)12(16)11-10(13)8-14-15(11)6-7-17-3/h4,8H,5-7H2,1-3H3. The first kappa shape index (κ1) is 14.1. The minimum atomic E-state index is 0.0236. The highest BCUT2D eigenvalue weighted by Gasteiger charge is 2.19. The van der Waals surface area contributed by atoms with Crippen LogP contribution in [0.2, 0.25) is 0 Å². The molecule has 0 radical (unpaired) electrons. The second-order valence-corrected chi connectivity index (χ2v) is 4.41. The zero-order chi connectivity index (χ0) is 12.8. The Hall–Kier alpha value is -0.940. The fourth-order valence-electron chi connectivity index (χ4n) is 1.58. The third-order valence-corrected chi connectivity index (χ3v) is 3.12. The van der Waals surface area contributed by atoms with E-state index in [-0.39, 0.29) is 5.78 Å². The molecule has 0 saturated heterocycles. The molecule has 0 fully saturated rings. The lowest BCUT2D eigenvalue weighted by Crippen LogP contribution is -2.15. The van der Waals surface area contributed by atoms with Gasteiger partial charge in [-0.2, -0.15) is 5.10 Å². The Morgan fingerprint density at radius 1 is 1.65 bits per heavy atom. The van der Waals surface area contributed by atoms with Crippen molar-refractivity contribution in [2.24, 2.45) is 0 Å². The third-order valence-electron chi connectivity index (χ3n) is 2.54. The lowest BCUT2D eigenvalue weighted by atomic mass is 10.1. The van der Waals surface area contributed by atoms with Gasteiger partial charge in [0.2, 0.25) is 5.78 Å². The molecule has 94 valence electrons. The minimum absolute atomic E-state index is 0.0236. The average molecular weight is 301 g/mol. The van der Waals surface area contributed by atoms with Crippen molar-refractivity contribution in [1.29, 1.82) is 0 Å². The fourth-order valence-corrected chi connectivity index (χ4v) is 2.06. The number of ketones is 1. The molecule has 0 aliphatic rings. The van der Waals surface area contributed by atoms with E-state index >= 15 is 0 Å². The molecule has 0 unspecified atom stereocenters. The lowest BCUT2D eigenvalue weighted by molar-refractivity contribution is 0.101. The first-order chi connectivity index (χ1) is 8.15. The van der Waals surface area contributed by atoms with E-state index in [1.165, 1.54) is 0 Å². The number of nitrogens with zero attached hydrogens (tertiary/aromatic N) is 2. The van der Waals surface area contributed by atoms with Gasteiger partial charge in [-0.1, -0.05) is 13.0 Å². The summed E-state index contributed by atoms with van der Waals surface area (Å²) in [6.07, 6.45) is 4.21. The zero-order valence-electron chi connectivity index (χ0n) is 10.4. The smallest absolute Gasteiger partial charge is 0.207 e. The molecule has 1 heterocycles. The van der Waals surface area contributed by atoms with Crippen LogP contribution in [0.5, 0.6) is 0 Å². The van der Waals surface area contributed by atoms with Gasteiger partial charge in [-0.15, -0.1) is 0 Å². The molecule has 5 heteroatoms. The first-order valence-corrected chi connectivity index (χ1v) is 6.35. The Bertz CT molecular complexity index is 424. The molecule has 0 aliphatic heterocycles. The quantitative estimate of drug-likeness (QED) is 0.599. The number of halogens is 1. The second-order valence-electron chi connectivity index (χ2n) is 3.55. The van der Waals surface area contributed by atoms with Crippen molar-refractivity contribution in [2.75, 3.05) is 13.7 Å². The molecule has 1 aromatic heterocycles. The zero-order valence-corrected chi connectivity index (χ0v) is 12.0. The highest BCUT2D eigenvalue weighted by molar-refractivity contribution is 9.10. The van der Waals surface area contributed by atoms with Crippen molar-refractivity contribution in [3.05, 3.63) is 28.0 Å². The fraction of sp³-hybridized carbons (Fsp3) is 0.500. The van der Waals surface area contributed by atoms with Crippen LogP contribution >= 0.6 is 15.9 Å². The van der Waals surface area contributed by atoms with Crippen LogP contribution in [0.3, 0.4) is 0 Å². The van der Waals surface area contributed by atoms with E-state index in [0.29, 0.717) is 18.8 Å². The molecule has 0 amide bonds. The SMILES string of the molecule is CC=C(CC)C(=O)c1c(Br)cnn1CCOC. The number of carbonyl (C=O) groups is 1. The topological polar surface area (TPSA) is 44.1 Å². The summed E-state index contributed by atoms with van der Waals surface area (Å²) < 4.78 is 7.40. The van der Waals surface area contributed by atoms with Crippen LogP contribution in [0.15, 0.2) is 22.3 Å². The summed E-state index contributed by atoms with van der Waals surface area (Å²) in [6.45, 7) is 4.95. The summed E-state index contributed by atoms with van der Waals surface area (Å²) in [5, 5.41) is 4.17. The van der Waals surface area contributed by atoms with E-state index in [2.05, 4.69) is 21.0 Å². The van der Waals surface area contributed by atoms with E-state index < -0.39 is 0 Å². The largest absolute Gasteiger partial charge is 0.383 e. The number of ether oxygens (including phenoxy) is 1. The van der Waals surface area contributed by atoms with Gasteiger partial charge in [0, 0.05) is 7.11 Å². The van der Waals surface area contributed by atoms with Crippen LogP contribution in [0, 0.1) is 0 Å². The van der Waals surface area contributed by atoms with Gasteiger partial charge in [0.15, 0.2) is 0 Å². The van der Waals surface area contributed by atoms with Crippen molar-refractivity contribution in [3.8, 4) is 0 Å². The summed E-state index contributed by atoms with van der Waals surface area (Å²) in [4.78, 5) is 12.3. The van der Waals surface area contributed by atoms with Crippen molar-refractivity contribution in [2.45, 2.75) is 26.8 Å². The molecule has 1 rings (SSSR count). The summed E-state index contributed by atoms with van der Waals surface area (Å²) in [5.41, 5.74) is 1.39. The van der Waals surface area contributed by atoms with Crippen LogP contribution in [0.25, 0.3) is 0 Å². The Balaban J connectivity index is 3.03. The highest BCUT2D eigenvalue weighted by atomic mass is 79.9.